The predicted octanol–water partition coefficient (Wildman–Crippen LogP) is 0.0958. The zero-order chi connectivity index (χ0) is 4.24. The van der Waals surface area contributed by atoms with E-state index in [1.807, 2.05) is 12.1 Å². The molecule has 1 rings (SSSR count). The molecule has 0 aliphatic rings. The van der Waals surface area contributed by atoms with Crippen molar-refractivity contribution in [3.63, 3.8) is 0 Å². The number of hydrogen-bond acceptors (Lipinski definition) is 2. The van der Waals surface area contributed by atoms with Gasteiger partial charge in [-0.2, -0.15) is 10.2 Å². The molecule has 0 fully saturated rings. The largest absolute Gasteiger partial charge is 0.159 e. The third kappa shape index (κ3) is 2.31. The Labute approximate surface area is 52.4 Å². The van der Waals surface area contributed by atoms with Crippen LogP contribution in [0.4, 0.5) is 0 Å². The molecule has 0 aliphatic carbocycles. The summed E-state index contributed by atoms with van der Waals surface area (Å²) in [5.41, 5.74) is 0. The summed E-state index contributed by atoms with van der Waals surface area (Å²) in [6.45, 7) is 0. The number of nitrogens with zero attached hydrogens (tertiary/aromatic N) is 2. The van der Waals surface area contributed by atoms with Crippen LogP contribution in [0.15, 0.2) is 24.5 Å². The summed E-state index contributed by atoms with van der Waals surface area (Å²) < 4.78 is 0. The zero-order valence-electron chi connectivity index (χ0n) is 3.61. The molecule has 0 atom stereocenters. The monoisotopic (exact) mass is 160 g/mol. The van der Waals surface area contributed by atoms with E-state index in [0.717, 1.165) is 0 Å². The van der Waals surface area contributed by atoms with Gasteiger partial charge in [0.1, 0.15) is 0 Å². The van der Waals surface area contributed by atoms with E-state index in [9.17, 15) is 0 Å². The van der Waals surface area contributed by atoms with Crippen LogP contribution < -0.4 is 0 Å². The summed E-state index contributed by atoms with van der Waals surface area (Å²) in [4.78, 5) is 0. The smallest absolute Gasteiger partial charge is 0.0496 e. The first-order valence-corrected chi connectivity index (χ1v) is 1.72. The van der Waals surface area contributed by atoms with Crippen LogP contribution in [0.5, 0.6) is 0 Å². The van der Waals surface area contributed by atoms with Gasteiger partial charge in [-0.15, -0.1) is 0 Å². The van der Waals surface area contributed by atoms with Crippen LogP contribution in [0.3, 0.4) is 0 Å². The van der Waals surface area contributed by atoms with E-state index in [1.165, 1.54) is 0 Å². The van der Waals surface area contributed by atoms with Gasteiger partial charge in [-0.1, -0.05) is 0 Å². The Balaban J connectivity index is 0.000000360. The second-order valence-corrected chi connectivity index (χ2v) is 0.914. The minimum absolute atomic E-state index is 0. The molecular formula is C4H4N2Se. The van der Waals surface area contributed by atoms with E-state index < -0.39 is 0 Å². The summed E-state index contributed by atoms with van der Waals surface area (Å²) in [7, 11) is 0. The first kappa shape index (κ1) is 6.60. The first-order chi connectivity index (χ1) is 3.00. The zero-order valence-corrected chi connectivity index (χ0v) is 5.33. The van der Waals surface area contributed by atoms with Gasteiger partial charge < -0.3 is 0 Å². The summed E-state index contributed by atoms with van der Waals surface area (Å²) in [6.07, 6.45) is 3.28. The molecule has 1 aromatic rings. The summed E-state index contributed by atoms with van der Waals surface area (Å²) in [5.74, 6) is 0. The second-order valence-electron chi connectivity index (χ2n) is 0.914. The number of aromatic nitrogens is 2. The minimum Gasteiger partial charge on any atom is -0.159 e. The molecule has 7 heavy (non-hydrogen) atoms. The maximum atomic E-state index is 3.53. The van der Waals surface area contributed by atoms with Gasteiger partial charge >= 0.3 is 0 Å². The van der Waals surface area contributed by atoms with Crippen molar-refractivity contribution < 1.29 is 0 Å². The minimum atomic E-state index is 0. The van der Waals surface area contributed by atoms with Gasteiger partial charge in [0.05, 0.1) is 0 Å². The van der Waals surface area contributed by atoms with Crippen molar-refractivity contribution in [2.75, 3.05) is 0 Å². The van der Waals surface area contributed by atoms with Crippen LogP contribution in [-0.4, -0.2) is 27.3 Å². The third-order valence-corrected chi connectivity index (χ3v) is 0.483. The molecule has 0 unspecified atom stereocenters. The molecule has 0 bridgehead atoms. The van der Waals surface area contributed by atoms with Crippen molar-refractivity contribution in [1.82, 2.24) is 10.2 Å². The van der Waals surface area contributed by atoms with Crippen molar-refractivity contribution in [2.24, 2.45) is 0 Å². The maximum Gasteiger partial charge on any atom is 0.0496 e. The van der Waals surface area contributed by atoms with Crippen LogP contribution in [0.1, 0.15) is 0 Å². The second kappa shape index (κ2) is 3.78. The number of rotatable bonds is 0. The van der Waals surface area contributed by atoms with Crippen molar-refractivity contribution in [2.45, 2.75) is 0 Å². The summed E-state index contributed by atoms with van der Waals surface area (Å²) in [6, 6.07) is 3.65. The molecular weight excluding hydrogens is 155 g/mol. The van der Waals surface area contributed by atoms with Gasteiger partial charge in [-0.05, 0) is 12.1 Å². The SMILES string of the molecule is [Se].c1ccnnc1. The molecule has 0 aromatic carbocycles. The van der Waals surface area contributed by atoms with Gasteiger partial charge in [0.15, 0.2) is 0 Å². The molecule has 0 aliphatic heterocycles. The molecule has 0 amide bonds. The van der Waals surface area contributed by atoms with E-state index in [1.54, 1.807) is 12.4 Å². The maximum absolute atomic E-state index is 3.53. The Bertz CT molecular complexity index is 81.6. The number of hydrogen-bond donors (Lipinski definition) is 0. The average molecular weight is 159 g/mol. The fourth-order valence-corrected chi connectivity index (χ4v) is 0.253. The van der Waals surface area contributed by atoms with Crippen molar-refractivity contribution in [3.05, 3.63) is 24.5 Å². The normalized spacial score (nSPS) is 6.86. The molecule has 2 nitrogen and oxygen atoms in total. The van der Waals surface area contributed by atoms with Crippen LogP contribution in [0, 0.1) is 0 Å². The van der Waals surface area contributed by atoms with E-state index in [4.69, 9.17) is 0 Å². The Kier molecular flexibility index (Phi) is 3.56. The fourth-order valence-electron chi connectivity index (χ4n) is 0.253. The third-order valence-electron chi connectivity index (χ3n) is 0.483. The van der Waals surface area contributed by atoms with Crippen LogP contribution in [0.2, 0.25) is 0 Å². The standard InChI is InChI=1S/C4H4N2.Se/c1-2-4-6-5-3-1;/h1-4H;. The van der Waals surface area contributed by atoms with Crippen LogP contribution >= 0.6 is 0 Å². The Morgan fingerprint density at radius 3 is 1.43 bits per heavy atom. The Hall–Kier alpha value is -0.401. The molecule has 0 saturated carbocycles. The quantitative estimate of drug-likeness (QED) is 0.501. The van der Waals surface area contributed by atoms with Gasteiger partial charge in [0, 0.05) is 29.5 Å². The van der Waals surface area contributed by atoms with Crippen molar-refractivity contribution in [3.8, 4) is 0 Å². The Morgan fingerprint density at radius 2 is 1.29 bits per heavy atom. The Morgan fingerprint density at radius 1 is 0.857 bits per heavy atom. The predicted molar refractivity (Wildman–Crippen MR) is 27.8 cm³/mol. The van der Waals surface area contributed by atoms with E-state index in [-0.39, 0.29) is 17.1 Å². The average Bonchev–Trinajstić information content (AvgIpc) is 1.72. The topological polar surface area (TPSA) is 25.8 Å². The molecule has 1 aromatic heterocycles. The van der Waals surface area contributed by atoms with Gasteiger partial charge in [-0.25, -0.2) is 0 Å². The molecule has 0 spiro atoms. The first-order valence-electron chi connectivity index (χ1n) is 1.72. The van der Waals surface area contributed by atoms with E-state index in [0.29, 0.717) is 0 Å². The summed E-state index contributed by atoms with van der Waals surface area (Å²) >= 11 is 0. The molecule has 36 valence electrons. The van der Waals surface area contributed by atoms with E-state index >= 15 is 0 Å². The fraction of sp³-hybridized carbons (Fsp3) is 0. The molecule has 0 saturated heterocycles. The van der Waals surface area contributed by atoms with Gasteiger partial charge in [0.25, 0.3) is 0 Å². The molecule has 2 radical (unpaired) electrons. The van der Waals surface area contributed by atoms with Gasteiger partial charge in [0.2, 0.25) is 0 Å². The summed E-state index contributed by atoms with van der Waals surface area (Å²) in [5, 5.41) is 7.07. The van der Waals surface area contributed by atoms with E-state index in [2.05, 4.69) is 10.2 Å². The molecule has 1 heterocycles. The van der Waals surface area contributed by atoms with Crippen LogP contribution in [-0.2, 0) is 0 Å². The van der Waals surface area contributed by atoms with Crippen molar-refractivity contribution in [1.29, 1.82) is 0 Å². The molecule has 3 heteroatoms. The van der Waals surface area contributed by atoms with Gasteiger partial charge in [-0.3, -0.25) is 0 Å². The molecule has 0 N–H and O–H groups in total. The van der Waals surface area contributed by atoms with Crippen LogP contribution in [0.25, 0.3) is 0 Å². The van der Waals surface area contributed by atoms with Crippen molar-refractivity contribution >= 4 is 17.1 Å².